The van der Waals surface area contributed by atoms with Gasteiger partial charge in [-0.25, -0.2) is 8.78 Å². The molecule has 0 aliphatic heterocycles. The summed E-state index contributed by atoms with van der Waals surface area (Å²) in [5, 5.41) is 5.20. The standard InChI is InChI=1S/C21H16F2N2O3/c1-28-15-6-4-5-14(12-15)24-21(27)17-7-2-3-8-19(17)25-20(26)16-10-9-13(22)11-18(16)23/h2-12H,1H3,(H,24,27)(H,25,26). The number of methoxy groups -OCH3 is 1. The van der Waals surface area contributed by atoms with Gasteiger partial charge in [0.25, 0.3) is 11.8 Å². The molecule has 2 N–H and O–H groups in total. The number of nitrogens with one attached hydrogen (secondary N) is 2. The van der Waals surface area contributed by atoms with Crippen LogP contribution in [0.4, 0.5) is 20.2 Å². The molecule has 0 saturated carbocycles. The van der Waals surface area contributed by atoms with E-state index in [4.69, 9.17) is 4.74 Å². The first-order valence-corrected chi connectivity index (χ1v) is 8.29. The number of amides is 2. The Kier molecular flexibility index (Phi) is 5.64. The fourth-order valence-corrected chi connectivity index (χ4v) is 2.55. The van der Waals surface area contributed by atoms with Crippen molar-refractivity contribution in [3.63, 3.8) is 0 Å². The number of anilines is 2. The van der Waals surface area contributed by atoms with Crippen molar-refractivity contribution < 1.29 is 23.1 Å². The quantitative estimate of drug-likeness (QED) is 0.684. The van der Waals surface area contributed by atoms with Crippen LogP contribution < -0.4 is 15.4 Å². The average Bonchev–Trinajstić information content (AvgIpc) is 2.68. The lowest BCUT2D eigenvalue weighted by Gasteiger charge is -2.12. The van der Waals surface area contributed by atoms with Crippen molar-refractivity contribution in [2.45, 2.75) is 0 Å². The lowest BCUT2D eigenvalue weighted by atomic mass is 10.1. The second-order valence-electron chi connectivity index (χ2n) is 5.81. The number of hydrogen-bond donors (Lipinski definition) is 2. The molecule has 28 heavy (non-hydrogen) atoms. The summed E-state index contributed by atoms with van der Waals surface area (Å²) < 4.78 is 32.0. The highest BCUT2D eigenvalue weighted by Gasteiger charge is 2.17. The molecular weight excluding hydrogens is 366 g/mol. The summed E-state index contributed by atoms with van der Waals surface area (Å²) in [7, 11) is 1.51. The minimum Gasteiger partial charge on any atom is -0.497 e. The number of benzene rings is 3. The van der Waals surface area contributed by atoms with E-state index in [1.807, 2.05) is 0 Å². The molecule has 0 bridgehead atoms. The van der Waals surface area contributed by atoms with Gasteiger partial charge < -0.3 is 15.4 Å². The summed E-state index contributed by atoms with van der Waals surface area (Å²) in [4.78, 5) is 25.0. The third-order valence-corrected chi connectivity index (χ3v) is 3.92. The Balaban J connectivity index is 1.82. The van der Waals surface area contributed by atoms with Gasteiger partial charge in [0.15, 0.2) is 0 Å². The van der Waals surface area contributed by atoms with Gasteiger partial charge in [-0.05, 0) is 36.4 Å². The molecule has 0 fully saturated rings. The first kappa shape index (κ1) is 19.0. The first-order chi connectivity index (χ1) is 13.5. The van der Waals surface area contributed by atoms with Crippen LogP contribution in [0.1, 0.15) is 20.7 Å². The molecule has 0 heterocycles. The highest BCUT2D eigenvalue weighted by molar-refractivity contribution is 6.12. The average molecular weight is 382 g/mol. The van der Waals surface area contributed by atoms with Gasteiger partial charge in [-0.15, -0.1) is 0 Å². The molecule has 0 saturated heterocycles. The summed E-state index contributed by atoms with van der Waals surface area (Å²) in [6, 6.07) is 15.7. The summed E-state index contributed by atoms with van der Waals surface area (Å²) in [6.07, 6.45) is 0. The van der Waals surface area contributed by atoms with Gasteiger partial charge in [0.2, 0.25) is 0 Å². The van der Waals surface area contributed by atoms with Crippen molar-refractivity contribution in [1.29, 1.82) is 0 Å². The highest BCUT2D eigenvalue weighted by Crippen LogP contribution is 2.21. The maximum Gasteiger partial charge on any atom is 0.258 e. The van der Waals surface area contributed by atoms with Crippen LogP contribution in [0.3, 0.4) is 0 Å². The van der Waals surface area contributed by atoms with E-state index < -0.39 is 23.4 Å². The van der Waals surface area contributed by atoms with Gasteiger partial charge in [0.05, 0.1) is 23.9 Å². The van der Waals surface area contributed by atoms with Crippen molar-refractivity contribution in [3.05, 3.63) is 89.5 Å². The molecule has 0 radical (unpaired) electrons. The van der Waals surface area contributed by atoms with Crippen LogP contribution in [0.5, 0.6) is 5.75 Å². The Morgan fingerprint density at radius 3 is 2.32 bits per heavy atom. The number of para-hydroxylation sites is 1. The van der Waals surface area contributed by atoms with E-state index in [-0.39, 0.29) is 16.8 Å². The second-order valence-corrected chi connectivity index (χ2v) is 5.81. The summed E-state index contributed by atoms with van der Waals surface area (Å²) in [5.41, 5.74) is 0.553. The molecule has 3 rings (SSSR count). The van der Waals surface area contributed by atoms with E-state index >= 15 is 0 Å². The lowest BCUT2D eigenvalue weighted by Crippen LogP contribution is -2.19. The van der Waals surface area contributed by atoms with E-state index in [1.165, 1.54) is 19.2 Å². The molecule has 0 aliphatic rings. The summed E-state index contributed by atoms with van der Waals surface area (Å²) in [5.74, 6) is -2.46. The maximum atomic E-state index is 13.8. The van der Waals surface area contributed by atoms with Crippen LogP contribution in [-0.2, 0) is 0 Å². The van der Waals surface area contributed by atoms with E-state index in [2.05, 4.69) is 10.6 Å². The number of carbonyl (C=O) groups is 2. The summed E-state index contributed by atoms with van der Waals surface area (Å²) >= 11 is 0. The molecule has 3 aromatic carbocycles. The SMILES string of the molecule is COc1cccc(NC(=O)c2ccccc2NC(=O)c2ccc(F)cc2F)c1. The fourth-order valence-electron chi connectivity index (χ4n) is 2.55. The van der Waals surface area contributed by atoms with Crippen molar-refractivity contribution in [1.82, 2.24) is 0 Å². The Morgan fingerprint density at radius 2 is 1.57 bits per heavy atom. The number of halogens is 2. The van der Waals surface area contributed by atoms with Gasteiger partial charge in [-0.1, -0.05) is 18.2 Å². The first-order valence-electron chi connectivity index (χ1n) is 8.29. The van der Waals surface area contributed by atoms with Crippen molar-refractivity contribution in [2.24, 2.45) is 0 Å². The predicted octanol–water partition coefficient (Wildman–Crippen LogP) is 4.48. The Hall–Kier alpha value is -3.74. The van der Waals surface area contributed by atoms with E-state index in [0.717, 1.165) is 12.1 Å². The van der Waals surface area contributed by atoms with Gasteiger partial charge in [-0.3, -0.25) is 9.59 Å². The van der Waals surface area contributed by atoms with Gasteiger partial charge in [0, 0.05) is 17.8 Å². The number of ether oxygens (including phenoxy) is 1. The third-order valence-electron chi connectivity index (χ3n) is 3.92. The van der Waals surface area contributed by atoms with Crippen LogP contribution in [0.2, 0.25) is 0 Å². The molecule has 5 nitrogen and oxygen atoms in total. The van der Waals surface area contributed by atoms with Crippen LogP contribution in [0, 0.1) is 11.6 Å². The largest absolute Gasteiger partial charge is 0.497 e. The number of rotatable bonds is 5. The number of hydrogen-bond acceptors (Lipinski definition) is 3. The Morgan fingerprint density at radius 1 is 0.821 bits per heavy atom. The van der Waals surface area contributed by atoms with Gasteiger partial charge in [0.1, 0.15) is 17.4 Å². The molecule has 0 unspecified atom stereocenters. The molecule has 0 aliphatic carbocycles. The Bertz CT molecular complexity index is 1040. The normalized spacial score (nSPS) is 10.2. The van der Waals surface area contributed by atoms with E-state index in [0.29, 0.717) is 17.5 Å². The molecule has 3 aromatic rings. The molecular formula is C21H16F2N2O3. The van der Waals surface area contributed by atoms with Crippen molar-refractivity contribution >= 4 is 23.2 Å². The second kappa shape index (κ2) is 8.30. The fraction of sp³-hybridized carbons (Fsp3) is 0.0476. The van der Waals surface area contributed by atoms with Gasteiger partial charge >= 0.3 is 0 Å². The maximum absolute atomic E-state index is 13.8. The topological polar surface area (TPSA) is 67.4 Å². The van der Waals surface area contributed by atoms with Crippen molar-refractivity contribution in [2.75, 3.05) is 17.7 Å². The molecule has 142 valence electrons. The van der Waals surface area contributed by atoms with Gasteiger partial charge in [-0.2, -0.15) is 0 Å². The zero-order valence-electron chi connectivity index (χ0n) is 14.8. The smallest absolute Gasteiger partial charge is 0.258 e. The Labute approximate surface area is 160 Å². The number of carbonyl (C=O) groups excluding carboxylic acids is 2. The minimum absolute atomic E-state index is 0.182. The zero-order valence-corrected chi connectivity index (χ0v) is 14.8. The summed E-state index contributed by atoms with van der Waals surface area (Å²) in [6.45, 7) is 0. The van der Waals surface area contributed by atoms with E-state index in [1.54, 1.807) is 36.4 Å². The third kappa shape index (κ3) is 4.32. The lowest BCUT2D eigenvalue weighted by molar-refractivity contribution is 0.102. The predicted molar refractivity (Wildman–Crippen MR) is 102 cm³/mol. The van der Waals surface area contributed by atoms with Crippen LogP contribution >= 0.6 is 0 Å². The highest BCUT2D eigenvalue weighted by atomic mass is 19.1. The van der Waals surface area contributed by atoms with Crippen LogP contribution in [-0.4, -0.2) is 18.9 Å². The molecule has 2 amide bonds. The minimum atomic E-state index is -0.990. The van der Waals surface area contributed by atoms with Crippen LogP contribution in [0.15, 0.2) is 66.7 Å². The molecule has 0 spiro atoms. The molecule has 0 aromatic heterocycles. The van der Waals surface area contributed by atoms with Crippen LogP contribution in [0.25, 0.3) is 0 Å². The van der Waals surface area contributed by atoms with E-state index in [9.17, 15) is 18.4 Å². The molecule has 7 heteroatoms. The molecule has 0 atom stereocenters. The monoisotopic (exact) mass is 382 g/mol. The zero-order chi connectivity index (χ0) is 20.1. The van der Waals surface area contributed by atoms with Crippen molar-refractivity contribution in [3.8, 4) is 5.75 Å².